The molecule has 1 saturated heterocycles. The van der Waals surface area contributed by atoms with Crippen molar-refractivity contribution in [1.29, 1.82) is 0 Å². The summed E-state index contributed by atoms with van der Waals surface area (Å²) in [5.41, 5.74) is 1.46. The van der Waals surface area contributed by atoms with Crippen LogP contribution in [0, 0.1) is 5.92 Å². The molecule has 4 aromatic rings. The van der Waals surface area contributed by atoms with Crippen LogP contribution in [-0.4, -0.2) is 45.4 Å². The highest BCUT2D eigenvalue weighted by atomic mass is 32.1. The van der Waals surface area contributed by atoms with Crippen molar-refractivity contribution >= 4 is 22.4 Å². The van der Waals surface area contributed by atoms with Gasteiger partial charge < -0.3 is 19.4 Å². The van der Waals surface area contributed by atoms with Gasteiger partial charge >= 0.3 is 0 Å². The van der Waals surface area contributed by atoms with Gasteiger partial charge in [-0.15, -0.1) is 21.5 Å². The molecule has 2 aromatic carbocycles. The van der Waals surface area contributed by atoms with E-state index in [9.17, 15) is 4.79 Å². The summed E-state index contributed by atoms with van der Waals surface area (Å²) >= 11 is 1.37. The lowest BCUT2D eigenvalue weighted by Gasteiger charge is -2.23. The molecule has 1 atom stereocenters. The number of carbonyl (C=O) groups is 1. The van der Waals surface area contributed by atoms with Crippen LogP contribution in [0.4, 0.5) is 5.13 Å². The minimum absolute atomic E-state index is 0.261. The summed E-state index contributed by atoms with van der Waals surface area (Å²) in [4.78, 5) is 17.2. The molecule has 9 nitrogen and oxygen atoms in total. The lowest BCUT2D eigenvalue weighted by Crippen LogP contribution is -2.33. The number of piperidine rings is 1. The normalized spacial score (nSPS) is 17.4. The van der Waals surface area contributed by atoms with Gasteiger partial charge in [0.05, 0.1) is 6.61 Å². The van der Waals surface area contributed by atoms with E-state index in [-0.39, 0.29) is 5.91 Å². The summed E-state index contributed by atoms with van der Waals surface area (Å²) in [6, 6.07) is 13.2. The van der Waals surface area contributed by atoms with E-state index in [0.717, 1.165) is 69.0 Å². The Morgan fingerprint density at radius 1 is 1.02 bits per heavy atom. The zero-order valence-corrected chi connectivity index (χ0v) is 23.3. The van der Waals surface area contributed by atoms with Gasteiger partial charge in [0.15, 0.2) is 11.0 Å². The van der Waals surface area contributed by atoms with Crippen molar-refractivity contribution in [1.82, 2.24) is 25.1 Å². The average molecular weight is 559 g/mol. The fraction of sp³-hybridized carbons (Fsp3) is 0.400. The van der Waals surface area contributed by atoms with Crippen LogP contribution in [0.2, 0.25) is 0 Å². The Hall–Kier alpha value is -3.76. The van der Waals surface area contributed by atoms with E-state index in [4.69, 9.17) is 9.47 Å². The van der Waals surface area contributed by atoms with E-state index in [1.54, 1.807) is 18.3 Å². The molecule has 1 fully saturated rings. The number of nitrogens with one attached hydrogen (secondary N) is 2. The standard InChI is InChI=1S/C30H34N6O3S/c37-29(33-30-32-13-15-40-30)23-16-25(38-20-21-6-5-12-31-19-21)18-26(17-23)39-24-10-8-22(9-11-24)28-35-34-27-7-3-1-2-4-14-36(27)28/h8-11,13,15-18,21,31H,1-7,12,14,19-20H2,(H,32,33,37). The minimum Gasteiger partial charge on any atom is -0.493 e. The van der Waals surface area contributed by atoms with Gasteiger partial charge in [-0.1, -0.05) is 12.8 Å². The Bertz CT molecular complexity index is 1410. The van der Waals surface area contributed by atoms with Crippen LogP contribution in [0.3, 0.4) is 0 Å². The summed E-state index contributed by atoms with van der Waals surface area (Å²) in [7, 11) is 0. The summed E-state index contributed by atoms with van der Waals surface area (Å²) in [5, 5.41) is 17.6. The Balaban J connectivity index is 1.20. The molecule has 1 amide bonds. The zero-order chi connectivity index (χ0) is 27.1. The van der Waals surface area contributed by atoms with E-state index >= 15 is 0 Å². The van der Waals surface area contributed by atoms with Gasteiger partial charge in [-0.2, -0.15) is 0 Å². The summed E-state index contributed by atoms with van der Waals surface area (Å²) in [5.74, 6) is 3.95. The Morgan fingerprint density at radius 2 is 1.90 bits per heavy atom. The number of ether oxygens (including phenoxy) is 2. The lowest BCUT2D eigenvalue weighted by molar-refractivity contribution is 0.102. The molecule has 208 valence electrons. The molecule has 0 aliphatic carbocycles. The van der Waals surface area contributed by atoms with E-state index in [1.165, 1.54) is 24.2 Å². The van der Waals surface area contributed by atoms with Gasteiger partial charge in [0.1, 0.15) is 23.1 Å². The summed E-state index contributed by atoms with van der Waals surface area (Å²) in [6.45, 7) is 3.53. The Kier molecular flexibility index (Phi) is 8.34. The average Bonchev–Trinajstić information content (AvgIpc) is 3.62. The molecule has 0 saturated carbocycles. The molecule has 1 unspecified atom stereocenters. The third-order valence-corrected chi connectivity index (χ3v) is 8.08. The van der Waals surface area contributed by atoms with E-state index in [0.29, 0.717) is 40.5 Å². The van der Waals surface area contributed by atoms with Crippen LogP contribution >= 0.6 is 11.3 Å². The zero-order valence-electron chi connectivity index (χ0n) is 22.5. The van der Waals surface area contributed by atoms with Crippen LogP contribution < -0.4 is 20.1 Å². The van der Waals surface area contributed by atoms with Crippen molar-refractivity contribution in [3.05, 3.63) is 65.4 Å². The number of nitrogens with zero attached hydrogens (tertiary/aromatic N) is 4. The highest BCUT2D eigenvalue weighted by molar-refractivity contribution is 7.13. The maximum Gasteiger partial charge on any atom is 0.257 e. The molecular weight excluding hydrogens is 524 g/mol. The van der Waals surface area contributed by atoms with Crippen molar-refractivity contribution < 1.29 is 14.3 Å². The number of anilines is 1. The van der Waals surface area contributed by atoms with Gasteiger partial charge in [-0.05, 0) is 68.6 Å². The largest absolute Gasteiger partial charge is 0.493 e. The third-order valence-electron chi connectivity index (χ3n) is 7.39. The van der Waals surface area contributed by atoms with E-state index in [1.807, 2.05) is 35.7 Å². The molecule has 0 radical (unpaired) electrons. The molecule has 2 aliphatic rings. The molecular formula is C30H34N6O3S. The second kappa shape index (κ2) is 12.6. The van der Waals surface area contributed by atoms with Crippen LogP contribution in [-0.2, 0) is 13.0 Å². The smallest absolute Gasteiger partial charge is 0.257 e. The number of rotatable bonds is 8. The predicted octanol–water partition coefficient (Wildman–Crippen LogP) is 5.94. The maximum absolute atomic E-state index is 13.0. The first-order valence-corrected chi connectivity index (χ1v) is 15.0. The fourth-order valence-corrected chi connectivity index (χ4v) is 5.79. The molecule has 4 heterocycles. The monoisotopic (exact) mass is 558 g/mol. The number of thiazole rings is 1. The van der Waals surface area contributed by atoms with Gasteiger partial charge in [-0.25, -0.2) is 4.98 Å². The van der Waals surface area contributed by atoms with Crippen LogP contribution in [0.5, 0.6) is 17.2 Å². The van der Waals surface area contributed by atoms with Crippen LogP contribution in [0.1, 0.15) is 54.7 Å². The number of benzene rings is 2. The molecule has 10 heteroatoms. The number of hydrogen-bond donors (Lipinski definition) is 2. The minimum atomic E-state index is -0.261. The van der Waals surface area contributed by atoms with Gasteiger partial charge in [0.25, 0.3) is 5.91 Å². The second-order valence-electron chi connectivity index (χ2n) is 10.4. The highest BCUT2D eigenvalue weighted by Crippen LogP contribution is 2.31. The highest BCUT2D eigenvalue weighted by Gasteiger charge is 2.18. The van der Waals surface area contributed by atoms with Crippen LogP contribution in [0.25, 0.3) is 11.4 Å². The van der Waals surface area contributed by atoms with E-state index in [2.05, 4.69) is 30.4 Å². The van der Waals surface area contributed by atoms with Crippen molar-refractivity contribution in [2.45, 2.75) is 51.5 Å². The molecule has 40 heavy (non-hydrogen) atoms. The number of aryl methyl sites for hydroxylation is 1. The maximum atomic E-state index is 13.0. The third kappa shape index (κ3) is 6.51. The molecule has 0 bridgehead atoms. The van der Waals surface area contributed by atoms with E-state index < -0.39 is 0 Å². The number of carbonyl (C=O) groups excluding carboxylic acids is 1. The molecule has 0 spiro atoms. The number of amides is 1. The first-order valence-electron chi connectivity index (χ1n) is 14.1. The van der Waals surface area contributed by atoms with Crippen molar-refractivity contribution in [3.63, 3.8) is 0 Å². The van der Waals surface area contributed by atoms with Crippen molar-refractivity contribution in [3.8, 4) is 28.6 Å². The quantitative estimate of drug-likeness (QED) is 0.276. The first kappa shape index (κ1) is 26.5. The lowest BCUT2D eigenvalue weighted by atomic mass is 10.0. The Morgan fingerprint density at radius 3 is 2.73 bits per heavy atom. The molecule has 6 rings (SSSR count). The Labute approximate surface area is 238 Å². The van der Waals surface area contributed by atoms with Gasteiger partial charge in [-0.3, -0.25) is 10.1 Å². The SMILES string of the molecule is O=C(Nc1nccs1)c1cc(OCC2CCCNC2)cc(Oc2ccc(-c3nnc4n3CCCCCC4)cc2)c1. The summed E-state index contributed by atoms with van der Waals surface area (Å²) in [6.07, 6.45) is 9.72. The van der Waals surface area contributed by atoms with Gasteiger partial charge in [0, 0.05) is 54.2 Å². The number of fused-ring (bicyclic) bond motifs is 1. The van der Waals surface area contributed by atoms with Gasteiger partial charge in [0.2, 0.25) is 0 Å². The summed E-state index contributed by atoms with van der Waals surface area (Å²) < 4.78 is 14.6. The molecule has 2 aliphatic heterocycles. The fourth-order valence-electron chi connectivity index (χ4n) is 5.26. The molecule has 2 N–H and O–H groups in total. The number of hydrogen-bond acceptors (Lipinski definition) is 8. The topological polar surface area (TPSA) is 103 Å². The predicted molar refractivity (Wildman–Crippen MR) is 155 cm³/mol. The number of aromatic nitrogens is 4. The molecule has 2 aromatic heterocycles. The second-order valence-corrected chi connectivity index (χ2v) is 11.3. The van der Waals surface area contributed by atoms with Crippen molar-refractivity contribution in [2.24, 2.45) is 5.92 Å². The van der Waals surface area contributed by atoms with Crippen molar-refractivity contribution in [2.75, 3.05) is 25.0 Å². The first-order chi connectivity index (χ1) is 19.7. The van der Waals surface area contributed by atoms with Crippen LogP contribution in [0.15, 0.2) is 54.0 Å².